The molecule has 1 aromatic carbocycles. The van der Waals surface area contributed by atoms with E-state index in [4.69, 9.17) is 0 Å². The Balaban J connectivity index is 2.69. The molecule has 1 aliphatic rings. The summed E-state index contributed by atoms with van der Waals surface area (Å²) < 4.78 is 54.4. The summed E-state index contributed by atoms with van der Waals surface area (Å²) in [4.78, 5) is 0. The van der Waals surface area contributed by atoms with E-state index in [1.54, 1.807) is 0 Å². The Labute approximate surface area is 91.3 Å². The van der Waals surface area contributed by atoms with Crippen LogP contribution in [0.4, 0.5) is 17.6 Å². The highest BCUT2D eigenvalue weighted by Crippen LogP contribution is 2.45. The lowest BCUT2D eigenvalue weighted by Crippen LogP contribution is -2.31. The molecule has 0 aliphatic heterocycles. The summed E-state index contributed by atoms with van der Waals surface area (Å²) in [7, 11) is 0. The van der Waals surface area contributed by atoms with Crippen molar-refractivity contribution in [3.63, 3.8) is 0 Å². The molecule has 0 saturated carbocycles. The Hall–Kier alpha value is -1.06. The summed E-state index contributed by atoms with van der Waals surface area (Å²) >= 11 is 0. The van der Waals surface area contributed by atoms with E-state index in [9.17, 15) is 17.6 Å². The van der Waals surface area contributed by atoms with E-state index in [1.807, 2.05) is 0 Å². The number of hydrogen-bond donors (Lipinski definition) is 0. The van der Waals surface area contributed by atoms with Crippen LogP contribution in [0.2, 0.25) is 0 Å². The molecule has 88 valence electrons. The van der Waals surface area contributed by atoms with Crippen molar-refractivity contribution in [2.45, 2.75) is 32.6 Å². The van der Waals surface area contributed by atoms with Crippen molar-refractivity contribution in [3.8, 4) is 0 Å². The molecule has 0 aromatic heterocycles. The predicted molar refractivity (Wildman–Crippen MR) is 52.5 cm³/mol. The number of halogens is 4. The third-order valence-electron chi connectivity index (χ3n) is 3.35. The number of benzene rings is 1. The van der Waals surface area contributed by atoms with Gasteiger partial charge in [0.25, 0.3) is 5.92 Å². The molecule has 0 radical (unpaired) electrons. The SMILES string of the molecule is Cc1c(F)cc2c(c1F)CCC(C)C2(F)F. The van der Waals surface area contributed by atoms with Crippen LogP contribution >= 0.6 is 0 Å². The lowest BCUT2D eigenvalue weighted by molar-refractivity contribution is -0.0689. The highest BCUT2D eigenvalue weighted by Gasteiger charge is 2.44. The van der Waals surface area contributed by atoms with E-state index < -0.39 is 29.0 Å². The van der Waals surface area contributed by atoms with Gasteiger partial charge in [-0.05, 0) is 31.4 Å². The van der Waals surface area contributed by atoms with Crippen LogP contribution in [0.5, 0.6) is 0 Å². The molecule has 1 aromatic rings. The van der Waals surface area contributed by atoms with Gasteiger partial charge in [-0.15, -0.1) is 0 Å². The molecule has 0 bridgehead atoms. The summed E-state index contributed by atoms with van der Waals surface area (Å²) in [5, 5.41) is 0. The van der Waals surface area contributed by atoms with Crippen molar-refractivity contribution in [2.24, 2.45) is 5.92 Å². The maximum atomic E-state index is 13.7. The Morgan fingerprint density at radius 1 is 1.31 bits per heavy atom. The molecule has 0 fully saturated rings. The van der Waals surface area contributed by atoms with Crippen LogP contribution in [0.15, 0.2) is 6.07 Å². The van der Waals surface area contributed by atoms with Crippen LogP contribution in [0, 0.1) is 24.5 Å². The average molecular weight is 232 g/mol. The summed E-state index contributed by atoms with van der Waals surface area (Å²) in [6.07, 6.45) is 0.473. The van der Waals surface area contributed by atoms with Gasteiger partial charge in [-0.25, -0.2) is 17.6 Å². The minimum Gasteiger partial charge on any atom is -0.207 e. The smallest absolute Gasteiger partial charge is 0.207 e. The highest BCUT2D eigenvalue weighted by atomic mass is 19.3. The quantitative estimate of drug-likeness (QED) is 0.594. The number of fused-ring (bicyclic) bond motifs is 1. The van der Waals surface area contributed by atoms with Gasteiger partial charge in [-0.2, -0.15) is 0 Å². The van der Waals surface area contributed by atoms with Gasteiger partial charge in [0.1, 0.15) is 11.6 Å². The zero-order valence-corrected chi connectivity index (χ0v) is 9.08. The topological polar surface area (TPSA) is 0 Å². The van der Waals surface area contributed by atoms with Crippen molar-refractivity contribution >= 4 is 0 Å². The summed E-state index contributed by atoms with van der Waals surface area (Å²) in [5.41, 5.74) is -0.682. The molecule has 16 heavy (non-hydrogen) atoms. The second-order valence-corrected chi connectivity index (χ2v) is 4.39. The molecular weight excluding hydrogens is 220 g/mol. The van der Waals surface area contributed by atoms with Gasteiger partial charge >= 0.3 is 0 Å². The second-order valence-electron chi connectivity index (χ2n) is 4.39. The van der Waals surface area contributed by atoms with Gasteiger partial charge in [0.05, 0.1) is 0 Å². The van der Waals surface area contributed by atoms with Crippen molar-refractivity contribution in [1.29, 1.82) is 0 Å². The normalized spacial score (nSPS) is 23.0. The van der Waals surface area contributed by atoms with Gasteiger partial charge in [-0.3, -0.25) is 0 Å². The van der Waals surface area contributed by atoms with Crippen LogP contribution in [-0.2, 0) is 12.3 Å². The predicted octanol–water partition coefficient (Wildman–Crippen LogP) is 3.95. The first-order valence-corrected chi connectivity index (χ1v) is 5.21. The molecular formula is C12H12F4. The van der Waals surface area contributed by atoms with Crippen molar-refractivity contribution in [2.75, 3.05) is 0 Å². The molecule has 0 N–H and O–H groups in total. The molecule has 0 spiro atoms. The van der Waals surface area contributed by atoms with Crippen molar-refractivity contribution in [3.05, 3.63) is 34.4 Å². The fourth-order valence-corrected chi connectivity index (χ4v) is 2.12. The molecule has 0 saturated heterocycles. The van der Waals surface area contributed by atoms with Gasteiger partial charge in [0.15, 0.2) is 0 Å². The lowest BCUT2D eigenvalue weighted by atomic mass is 9.80. The first-order valence-electron chi connectivity index (χ1n) is 5.21. The van der Waals surface area contributed by atoms with E-state index in [-0.39, 0.29) is 24.0 Å². The third kappa shape index (κ3) is 1.43. The zero-order chi connectivity index (χ0) is 12.1. The maximum Gasteiger partial charge on any atom is 0.276 e. The molecule has 0 amide bonds. The molecule has 1 unspecified atom stereocenters. The zero-order valence-electron chi connectivity index (χ0n) is 9.08. The fourth-order valence-electron chi connectivity index (χ4n) is 2.12. The highest BCUT2D eigenvalue weighted by molar-refractivity contribution is 5.39. The van der Waals surface area contributed by atoms with E-state index in [1.165, 1.54) is 13.8 Å². The van der Waals surface area contributed by atoms with Crippen molar-refractivity contribution in [1.82, 2.24) is 0 Å². The number of rotatable bonds is 0. The monoisotopic (exact) mass is 232 g/mol. The van der Waals surface area contributed by atoms with Crippen molar-refractivity contribution < 1.29 is 17.6 Å². The molecule has 2 rings (SSSR count). The standard InChI is InChI=1S/C12H12F4/c1-6-3-4-8-9(12(6,15)16)5-10(13)7(2)11(8)14/h5-6H,3-4H2,1-2H3. The summed E-state index contributed by atoms with van der Waals surface area (Å²) in [5.74, 6) is -5.73. The average Bonchev–Trinajstić information content (AvgIpc) is 2.22. The van der Waals surface area contributed by atoms with Gasteiger partial charge in [0.2, 0.25) is 0 Å². The number of hydrogen-bond acceptors (Lipinski definition) is 0. The second kappa shape index (κ2) is 3.47. The van der Waals surface area contributed by atoms with Gasteiger partial charge in [-0.1, -0.05) is 6.92 Å². The van der Waals surface area contributed by atoms with Crippen LogP contribution in [-0.4, -0.2) is 0 Å². The van der Waals surface area contributed by atoms with E-state index in [0.717, 1.165) is 6.07 Å². The van der Waals surface area contributed by atoms with Gasteiger partial charge < -0.3 is 0 Å². The third-order valence-corrected chi connectivity index (χ3v) is 3.35. The van der Waals surface area contributed by atoms with E-state index in [0.29, 0.717) is 0 Å². The molecule has 4 heteroatoms. The first-order chi connectivity index (χ1) is 7.35. The fraction of sp³-hybridized carbons (Fsp3) is 0.500. The maximum absolute atomic E-state index is 13.7. The summed E-state index contributed by atoms with van der Waals surface area (Å²) in [6, 6.07) is 0.781. The lowest BCUT2D eigenvalue weighted by Gasteiger charge is -2.31. The molecule has 0 nitrogen and oxygen atoms in total. The van der Waals surface area contributed by atoms with Crippen LogP contribution < -0.4 is 0 Å². The molecule has 1 atom stereocenters. The Kier molecular flexibility index (Phi) is 2.48. The summed E-state index contributed by atoms with van der Waals surface area (Å²) in [6.45, 7) is 2.67. The first kappa shape index (κ1) is 11.4. The van der Waals surface area contributed by atoms with Crippen LogP contribution in [0.25, 0.3) is 0 Å². The largest absolute Gasteiger partial charge is 0.276 e. The Morgan fingerprint density at radius 2 is 1.94 bits per heavy atom. The molecule has 0 heterocycles. The Bertz CT molecular complexity index is 437. The number of alkyl halides is 2. The minimum atomic E-state index is -3.14. The Morgan fingerprint density at radius 3 is 2.56 bits per heavy atom. The van der Waals surface area contributed by atoms with Gasteiger partial charge in [0, 0.05) is 17.0 Å². The van der Waals surface area contributed by atoms with E-state index >= 15 is 0 Å². The minimum absolute atomic E-state index is 0.0259. The molecule has 1 aliphatic carbocycles. The van der Waals surface area contributed by atoms with Crippen LogP contribution in [0.3, 0.4) is 0 Å². The van der Waals surface area contributed by atoms with E-state index in [2.05, 4.69) is 0 Å². The van der Waals surface area contributed by atoms with Crippen LogP contribution in [0.1, 0.15) is 30.0 Å².